The Bertz CT molecular complexity index is 927. The summed E-state index contributed by atoms with van der Waals surface area (Å²) in [4.78, 5) is 26.4. The first-order chi connectivity index (χ1) is 12.8. The van der Waals surface area contributed by atoms with Gasteiger partial charge >= 0.3 is 5.97 Å². The van der Waals surface area contributed by atoms with E-state index in [0.717, 1.165) is 37.8 Å². The number of nitrogens with zero attached hydrogens (tertiary/aromatic N) is 1. The van der Waals surface area contributed by atoms with E-state index in [1.165, 1.54) is 24.3 Å². The number of amides is 1. The average molecular weight is 387 g/mol. The van der Waals surface area contributed by atoms with Gasteiger partial charge in [0.15, 0.2) is 9.84 Å². The van der Waals surface area contributed by atoms with E-state index in [9.17, 15) is 18.0 Å². The molecule has 1 heterocycles. The summed E-state index contributed by atoms with van der Waals surface area (Å²) >= 11 is 0. The van der Waals surface area contributed by atoms with Crippen LogP contribution in [0.4, 0.5) is 0 Å². The minimum Gasteiger partial charge on any atom is -0.457 e. The molecular weight excluding hydrogens is 366 g/mol. The maximum Gasteiger partial charge on any atom is 0.338 e. The van der Waals surface area contributed by atoms with Crippen LogP contribution in [0.1, 0.15) is 39.1 Å². The molecule has 142 valence electrons. The van der Waals surface area contributed by atoms with E-state index in [2.05, 4.69) is 0 Å². The summed E-state index contributed by atoms with van der Waals surface area (Å²) in [6.45, 7) is 1.68. The molecule has 0 aliphatic carbocycles. The molecule has 0 spiro atoms. The minimum atomic E-state index is -3.30. The van der Waals surface area contributed by atoms with Crippen molar-refractivity contribution in [3.05, 3.63) is 65.2 Å². The minimum absolute atomic E-state index is 0.0296. The Morgan fingerprint density at radius 1 is 0.926 bits per heavy atom. The Morgan fingerprint density at radius 3 is 2.04 bits per heavy atom. The van der Waals surface area contributed by atoms with Gasteiger partial charge in [-0.1, -0.05) is 12.1 Å². The van der Waals surface area contributed by atoms with Crippen LogP contribution in [0.2, 0.25) is 0 Å². The van der Waals surface area contributed by atoms with Crippen LogP contribution in [-0.2, 0) is 21.2 Å². The predicted molar refractivity (Wildman–Crippen MR) is 100 cm³/mol. The Morgan fingerprint density at radius 2 is 1.48 bits per heavy atom. The van der Waals surface area contributed by atoms with Crippen LogP contribution < -0.4 is 0 Å². The Labute approximate surface area is 158 Å². The SMILES string of the molecule is CS(=O)(=O)c1ccc(C(=O)OCc2ccc(C(=O)N3CCCC3)cc2)cc1. The van der Waals surface area contributed by atoms with Gasteiger partial charge in [-0.05, 0) is 54.8 Å². The summed E-state index contributed by atoms with van der Waals surface area (Å²) in [5.74, 6) is -0.505. The van der Waals surface area contributed by atoms with Crippen molar-refractivity contribution in [2.75, 3.05) is 19.3 Å². The van der Waals surface area contributed by atoms with Crippen LogP contribution in [0.3, 0.4) is 0 Å². The van der Waals surface area contributed by atoms with Gasteiger partial charge in [-0.25, -0.2) is 13.2 Å². The molecule has 27 heavy (non-hydrogen) atoms. The van der Waals surface area contributed by atoms with Gasteiger partial charge in [0.05, 0.1) is 10.5 Å². The molecule has 2 aromatic carbocycles. The van der Waals surface area contributed by atoms with Gasteiger partial charge in [0, 0.05) is 24.9 Å². The fourth-order valence-electron chi connectivity index (χ4n) is 2.92. The highest BCUT2D eigenvalue weighted by atomic mass is 32.2. The Hall–Kier alpha value is -2.67. The molecule has 0 unspecified atom stereocenters. The average Bonchev–Trinajstić information content (AvgIpc) is 3.20. The molecule has 3 rings (SSSR count). The van der Waals surface area contributed by atoms with Crippen LogP contribution in [0.25, 0.3) is 0 Å². The van der Waals surface area contributed by atoms with Gasteiger partial charge in [-0.2, -0.15) is 0 Å². The van der Waals surface area contributed by atoms with E-state index in [0.29, 0.717) is 5.56 Å². The van der Waals surface area contributed by atoms with Crippen LogP contribution in [-0.4, -0.2) is 44.5 Å². The van der Waals surface area contributed by atoms with Crippen molar-refractivity contribution in [3.8, 4) is 0 Å². The lowest BCUT2D eigenvalue weighted by molar-refractivity contribution is 0.0472. The van der Waals surface area contributed by atoms with Crippen LogP contribution in [0, 0.1) is 0 Å². The summed E-state index contributed by atoms with van der Waals surface area (Å²) in [5.41, 5.74) is 1.68. The molecule has 1 aliphatic heterocycles. The van der Waals surface area contributed by atoms with Gasteiger partial charge in [-0.3, -0.25) is 4.79 Å². The number of likely N-dealkylation sites (tertiary alicyclic amines) is 1. The lowest BCUT2D eigenvalue weighted by Gasteiger charge is -2.15. The zero-order valence-electron chi connectivity index (χ0n) is 15.1. The summed E-state index contributed by atoms with van der Waals surface area (Å²) in [6, 6.07) is 12.6. The molecule has 1 aliphatic rings. The monoisotopic (exact) mass is 387 g/mol. The smallest absolute Gasteiger partial charge is 0.338 e. The molecule has 1 amide bonds. The molecule has 7 heteroatoms. The second-order valence-corrected chi connectivity index (χ2v) is 8.58. The van der Waals surface area contributed by atoms with Gasteiger partial charge in [-0.15, -0.1) is 0 Å². The Kier molecular flexibility index (Phi) is 5.60. The highest BCUT2D eigenvalue weighted by molar-refractivity contribution is 7.90. The zero-order valence-corrected chi connectivity index (χ0v) is 15.9. The van der Waals surface area contributed by atoms with Crippen molar-refractivity contribution >= 4 is 21.7 Å². The van der Waals surface area contributed by atoms with Crippen LogP contribution in [0.5, 0.6) is 0 Å². The lowest BCUT2D eigenvalue weighted by atomic mass is 10.1. The number of rotatable bonds is 5. The topological polar surface area (TPSA) is 80.7 Å². The highest BCUT2D eigenvalue weighted by Crippen LogP contribution is 2.15. The van der Waals surface area contributed by atoms with E-state index >= 15 is 0 Å². The molecule has 0 radical (unpaired) electrons. The van der Waals surface area contributed by atoms with E-state index in [1.807, 2.05) is 4.90 Å². The third-order valence-corrected chi connectivity index (χ3v) is 5.61. The van der Waals surface area contributed by atoms with E-state index in [4.69, 9.17) is 4.74 Å². The summed E-state index contributed by atoms with van der Waals surface area (Å²) in [6.07, 6.45) is 3.20. The first-order valence-electron chi connectivity index (χ1n) is 8.70. The normalized spacial score (nSPS) is 14.2. The van der Waals surface area contributed by atoms with E-state index < -0.39 is 15.8 Å². The van der Waals surface area contributed by atoms with Gasteiger partial charge in [0.1, 0.15) is 6.61 Å². The third kappa shape index (κ3) is 4.74. The van der Waals surface area contributed by atoms with Crippen molar-refractivity contribution in [1.82, 2.24) is 4.90 Å². The number of benzene rings is 2. The first-order valence-corrected chi connectivity index (χ1v) is 10.6. The van der Waals surface area contributed by atoms with Crippen molar-refractivity contribution in [2.45, 2.75) is 24.3 Å². The maximum absolute atomic E-state index is 12.3. The molecule has 0 bridgehead atoms. The second kappa shape index (κ2) is 7.92. The molecule has 0 saturated carbocycles. The summed E-state index contributed by atoms with van der Waals surface area (Å²) < 4.78 is 28.1. The molecule has 0 atom stereocenters. The van der Waals surface area contributed by atoms with Crippen LogP contribution in [0.15, 0.2) is 53.4 Å². The first kappa shape index (κ1) is 19.1. The predicted octanol–water partition coefficient (Wildman–Crippen LogP) is 2.68. The highest BCUT2D eigenvalue weighted by Gasteiger charge is 2.19. The molecule has 0 aromatic heterocycles. The molecule has 0 N–H and O–H groups in total. The standard InChI is InChI=1S/C20H21NO5S/c1-27(24,25)18-10-8-17(9-11-18)20(23)26-14-15-4-6-16(7-5-15)19(22)21-12-2-3-13-21/h4-11H,2-3,12-14H2,1H3. The number of ether oxygens (including phenoxy) is 1. The van der Waals surface area contributed by atoms with Crippen LogP contribution >= 0.6 is 0 Å². The van der Waals surface area contributed by atoms with Gasteiger partial charge < -0.3 is 9.64 Å². The molecular formula is C20H21NO5S. The summed E-state index contributed by atoms with van der Waals surface area (Å²) in [7, 11) is -3.30. The quantitative estimate of drug-likeness (QED) is 0.737. The largest absolute Gasteiger partial charge is 0.457 e. The number of hydrogen-bond acceptors (Lipinski definition) is 5. The molecule has 6 nitrogen and oxygen atoms in total. The number of hydrogen-bond donors (Lipinski definition) is 0. The number of sulfone groups is 1. The van der Waals surface area contributed by atoms with Crippen molar-refractivity contribution < 1.29 is 22.7 Å². The van der Waals surface area contributed by atoms with Crippen molar-refractivity contribution in [3.63, 3.8) is 0 Å². The van der Waals surface area contributed by atoms with E-state index in [-0.39, 0.29) is 23.0 Å². The van der Waals surface area contributed by atoms with Crippen molar-refractivity contribution in [2.24, 2.45) is 0 Å². The van der Waals surface area contributed by atoms with E-state index in [1.54, 1.807) is 24.3 Å². The fourth-order valence-corrected chi connectivity index (χ4v) is 3.55. The molecule has 1 fully saturated rings. The Balaban J connectivity index is 1.58. The summed E-state index contributed by atoms with van der Waals surface area (Å²) in [5, 5.41) is 0. The number of esters is 1. The zero-order chi connectivity index (χ0) is 19.4. The number of carbonyl (C=O) groups excluding carboxylic acids is 2. The van der Waals surface area contributed by atoms with Crippen molar-refractivity contribution in [1.29, 1.82) is 0 Å². The second-order valence-electron chi connectivity index (χ2n) is 6.57. The molecule has 2 aromatic rings. The lowest BCUT2D eigenvalue weighted by Crippen LogP contribution is -2.27. The van der Waals surface area contributed by atoms with Gasteiger partial charge in [0.2, 0.25) is 0 Å². The fraction of sp³-hybridized carbons (Fsp3) is 0.300. The number of carbonyl (C=O) groups is 2. The molecule has 1 saturated heterocycles. The van der Waals surface area contributed by atoms with Gasteiger partial charge in [0.25, 0.3) is 5.91 Å². The maximum atomic E-state index is 12.3. The third-order valence-electron chi connectivity index (χ3n) is 4.48.